The molecule has 1 aromatic carbocycles. The van der Waals surface area contributed by atoms with Crippen molar-refractivity contribution >= 4 is 0 Å². The van der Waals surface area contributed by atoms with Crippen LogP contribution in [0.1, 0.15) is 31.1 Å². The van der Waals surface area contributed by atoms with E-state index < -0.39 is 0 Å². The highest BCUT2D eigenvalue weighted by molar-refractivity contribution is 5.56. The Bertz CT molecular complexity index is 495. The summed E-state index contributed by atoms with van der Waals surface area (Å²) in [5.74, 6) is 1.000. The van der Waals surface area contributed by atoms with E-state index in [1.54, 1.807) is 0 Å². The summed E-state index contributed by atoms with van der Waals surface area (Å²) in [5.41, 5.74) is 9.43. The number of rotatable bonds is 3. The molecule has 0 saturated carbocycles. The third-order valence-electron chi connectivity index (χ3n) is 2.98. The average Bonchev–Trinajstić information content (AvgIpc) is 2.73. The van der Waals surface area contributed by atoms with Gasteiger partial charge < -0.3 is 10.3 Å². The van der Waals surface area contributed by atoms with Crippen molar-refractivity contribution in [2.75, 3.05) is 0 Å². The van der Waals surface area contributed by atoms with Gasteiger partial charge in [0.1, 0.15) is 5.82 Å². The maximum atomic E-state index is 5.94. The number of aryl methyl sites for hydroxylation is 1. The zero-order valence-corrected chi connectivity index (χ0v) is 10.6. The van der Waals surface area contributed by atoms with Crippen molar-refractivity contribution < 1.29 is 0 Å². The Morgan fingerprint density at radius 3 is 2.47 bits per heavy atom. The Kier molecular flexibility index (Phi) is 3.29. The fraction of sp³-hybridized carbons (Fsp3) is 0.357. The number of nitrogens with two attached hydrogens (primary N) is 1. The molecular weight excluding hydrogens is 210 g/mol. The highest BCUT2D eigenvalue weighted by atomic mass is 15.1. The second-order valence-corrected chi connectivity index (χ2v) is 4.41. The summed E-state index contributed by atoms with van der Waals surface area (Å²) in [7, 11) is 0. The smallest absolute Gasteiger partial charge is 0.140 e. The Morgan fingerprint density at radius 2 is 1.94 bits per heavy atom. The normalized spacial score (nSPS) is 12.7. The SMILES string of the molecule is CCn1c(C(C)N)cnc1-c1ccc(C)cc1. The molecule has 0 radical (unpaired) electrons. The van der Waals surface area contributed by atoms with Crippen LogP contribution in [0, 0.1) is 6.92 Å². The topological polar surface area (TPSA) is 43.8 Å². The highest BCUT2D eigenvalue weighted by Crippen LogP contribution is 2.22. The third kappa shape index (κ3) is 2.24. The van der Waals surface area contributed by atoms with Crippen LogP contribution >= 0.6 is 0 Å². The Labute approximate surface area is 102 Å². The molecule has 1 atom stereocenters. The van der Waals surface area contributed by atoms with E-state index in [9.17, 15) is 0 Å². The molecule has 3 nitrogen and oxygen atoms in total. The molecule has 0 spiro atoms. The molecule has 0 amide bonds. The van der Waals surface area contributed by atoms with Crippen molar-refractivity contribution in [1.82, 2.24) is 9.55 Å². The monoisotopic (exact) mass is 229 g/mol. The third-order valence-corrected chi connectivity index (χ3v) is 2.98. The molecule has 2 N–H and O–H groups in total. The van der Waals surface area contributed by atoms with Gasteiger partial charge in [0.25, 0.3) is 0 Å². The van der Waals surface area contributed by atoms with Gasteiger partial charge in [-0.3, -0.25) is 0 Å². The van der Waals surface area contributed by atoms with E-state index in [4.69, 9.17) is 5.73 Å². The van der Waals surface area contributed by atoms with E-state index in [-0.39, 0.29) is 6.04 Å². The number of imidazole rings is 1. The van der Waals surface area contributed by atoms with Crippen LogP contribution in [-0.4, -0.2) is 9.55 Å². The van der Waals surface area contributed by atoms with E-state index in [0.717, 1.165) is 23.6 Å². The lowest BCUT2D eigenvalue weighted by atomic mass is 10.1. The lowest BCUT2D eigenvalue weighted by Crippen LogP contribution is -2.12. The zero-order chi connectivity index (χ0) is 12.4. The first-order valence-electron chi connectivity index (χ1n) is 6.01. The molecule has 0 fully saturated rings. The fourth-order valence-electron chi connectivity index (χ4n) is 2.02. The van der Waals surface area contributed by atoms with Gasteiger partial charge in [0.15, 0.2) is 0 Å². The maximum Gasteiger partial charge on any atom is 0.140 e. The second-order valence-electron chi connectivity index (χ2n) is 4.41. The van der Waals surface area contributed by atoms with Gasteiger partial charge in [-0.25, -0.2) is 4.98 Å². The highest BCUT2D eigenvalue weighted by Gasteiger charge is 2.12. The molecule has 0 aliphatic heterocycles. The van der Waals surface area contributed by atoms with E-state index in [0.29, 0.717) is 0 Å². The molecule has 3 heteroatoms. The number of hydrogen-bond acceptors (Lipinski definition) is 2. The van der Waals surface area contributed by atoms with Crippen molar-refractivity contribution in [2.24, 2.45) is 5.73 Å². The van der Waals surface area contributed by atoms with E-state index in [2.05, 4.69) is 47.7 Å². The van der Waals surface area contributed by atoms with Crippen molar-refractivity contribution in [3.05, 3.63) is 41.7 Å². The molecule has 17 heavy (non-hydrogen) atoms. The standard InChI is InChI=1S/C14H19N3/c1-4-17-13(11(3)15)9-16-14(17)12-7-5-10(2)6-8-12/h5-9,11H,4,15H2,1-3H3. The number of aromatic nitrogens is 2. The van der Waals surface area contributed by atoms with Gasteiger partial charge in [0.05, 0.1) is 11.9 Å². The van der Waals surface area contributed by atoms with E-state index >= 15 is 0 Å². The van der Waals surface area contributed by atoms with Gasteiger partial charge in [-0.05, 0) is 20.8 Å². The predicted molar refractivity (Wildman–Crippen MR) is 70.7 cm³/mol. The molecule has 2 aromatic rings. The Hall–Kier alpha value is -1.61. The molecule has 0 saturated heterocycles. The summed E-state index contributed by atoms with van der Waals surface area (Å²) in [6, 6.07) is 8.44. The number of benzene rings is 1. The first kappa shape index (κ1) is 11.9. The maximum absolute atomic E-state index is 5.94. The lowest BCUT2D eigenvalue weighted by Gasteiger charge is -2.11. The molecular formula is C14H19N3. The van der Waals surface area contributed by atoms with E-state index in [1.807, 2.05) is 13.1 Å². The van der Waals surface area contributed by atoms with Crippen molar-refractivity contribution in [2.45, 2.75) is 33.4 Å². The Morgan fingerprint density at radius 1 is 1.29 bits per heavy atom. The second kappa shape index (κ2) is 4.72. The predicted octanol–water partition coefficient (Wildman–Crippen LogP) is 2.90. The van der Waals surface area contributed by atoms with Crippen LogP contribution in [0.2, 0.25) is 0 Å². The molecule has 2 rings (SSSR count). The van der Waals surface area contributed by atoms with Crippen LogP contribution < -0.4 is 5.73 Å². The van der Waals surface area contributed by atoms with Crippen LogP contribution in [-0.2, 0) is 6.54 Å². The molecule has 0 aliphatic carbocycles. The number of nitrogens with zero attached hydrogens (tertiary/aromatic N) is 2. The minimum Gasteiger partial charge on any atom is -0.327 e. The molecule has 1 heterocycles. The summed E-state index contributed by atoms with van der Waals surface area (Å²) < 4.78 is 2.18. The fourth-order valence-corrected chi connectivity index (χ4v) is 2.02. The lowest BCUT2D eigenvalue weighted by molar-refractivity contribution is 0.662. The zero-order valence-electron chi connectivity index (χ0n) is 10.6. The summed E-state index contributed by atoms with van der Waals surface area (Å²) in [6.07, 6.45) is 1.88. The average molecular weight is 229 g/mol. The van der Waals surface area contributed by atoms with Gasteiger partial charge in [-0.2, -0.15) is 0 Å². The summed E-state index contributed by atoms with van der Waals surface area (Å²) in [5, 5.41) is 0. The van der Waals surface area contributed by atoms with Gasteiger partial charge in [-0.15, -0.1) is 0 Å². The molecule has 0 aliphatic rings. The van der Waals surface area contributed by atoms with Crippen LogP contribution in [0.25, 0.3) is 11.4 Å². The van der Waals surface area contributed by atoms with Gasteiger partial charge in [0, 0.05) is 18.2 Å². The summed E-state index contributed by atoms with van der Waals surface area (Å²) >= 11 is 0. The van der Waals surface area contributed by atoms with Crippen LogP contribution in [0.5, 0.6) is 0 Å². The van der Waals surface area contributed by atoms with Gasteiger partial charge in [0.2, 0.25) is 0 Å². The molecule has 1 unspecified atom stereocenters. The molecule has 1 aromatic heterocycles. The van der Waals surface area contributed by atoms with Crippen LogP contribution in [0.3, 0.4) is 0 Å². The Balaban J connectivity index is 2.48. The van der Waals surface area contributed by atoms with E-state index in [1.165, 1.54) is 5.56 Å². The van der Waals surface area contributed by atoms with Crippen LogP contribution in [0.15, 0.2) is 30.5 Å². The minimum atomic E-state index is 0.0154. The molecule has 0 bridgehead atoms. The van der Waals surface area contributed by atoms with Crippen molar-refractivity contribution in [3.63, 3.8) is 0 Å². The van der Waals surface area contributed by atoms with Crippen molar-refractivity contribution in [1.29, 1.82) is 0 Å². The summed E-state index contributed by atoms with van der Waals surface area (Å²) in [4.78, 5) is 4.49. The molecule has 90 valence electrons. The van der Waals surface area contributed by atoms with Gasteiger partial charge in [-0.1, -0.05) is 29.8 Å². The van der Waals surface area contributed by atoms with Gasteiger partial charge >= 0.3 is 0 Å². The number of hydrogen-bond donors (Lipinski definition) is 1. The summed E-state index contributed by atoms with van der Waals surface area (Å²) in [6.45, 7) is 7.08. The first-order valence-corrected chi connectivity index (χ1v) is 6.01. The van der Waals surface area contributed by atoms with Crippen LogP contribution in [0.4, 0.5) is 0 Å². The minimum absolute atomic E-state index is 0.0154. The largest absolute Gasteiger partial charge is 0.327 e. The van der Waals surface area contributed by atoms with Crippen molar-refractivity contribution in [3.8, 4) is 11.4 Å². The quantitative estimate of drug-likeness (QED) is 0.879. The first-order chi connectivity index (χ1) is 8.13.